The molecule has 2 heterocycles. The van der Waals surface area contributed by atoms with Crippen LogP contribution >= 0.6 is 11.6 Å². The standard InChI is InChI=1S/C24H24ClNO8/c1-31-24-19(26-22(29)15-9-5-6-10-16(15)23(26)30)21(33-12-14-7-3-2-4-8-14)20(28)17(34-24)13-32-18(27)11-25/h2-10,17,19-21,24,28H,11-13H2,1H3/t17-,19+,20-,21+,24+/m1/s1. The van der Waals surface area contributed by atoms with Crippen LogP contribution in [0.15, 0.2) is 54.6 Å². The lowest BCUT2D eigenvalue weighted by Crippen LogP contribution is -2.66. The normalized spacial score (nSPS) is 26.4. The minimum atomic E-state index is -1.35. The van der Waals surface area contributed by atoms with Gasteiger partial charge < -0.3 is 24.1 Å². The Kier molecular flexibility index (Phi) is 7.60. The van der Waals surface area contributed by atoms with Gasteiger partial charge in [0.2, 0.25) is 0 Å². The largest absolute Gasteiger partial charge is 0.462 e. The number of methoxy groups -OCH3 is 1. The molecule has 9 nitrogen and oxygen atoms in total. The molecule has 34 heavy (non-hydrogen) atoms. The lowest BCUT2D eigenvalue weighted by Gasteiger charge is -2.46. The lowest BCUT2D eigenvalue weighted by atomic mass is 9.95. The van der Waals surface area contributed by atoms with Gasteiger partial charge in [0.15, 0.2) is 6.29 Å². The first-order chi connectivity index (χ1) is 16.5. The van der Waals surface area contributed by atoms with Crippen LogP contribution in [0, 0.1) is 0 Å². The maximum atomic E-state index is 13.2. The zero-order chi connectivity index (χ0) is 24.2. The Bertz CT molecular complexity index is 1010. The molecule has 2 amide bonds. The number of rotatable bonds is 8. The van der Waals surface area contributed by atoms with Crippen molar-refractivity contribution < 1.29 is 38.4 Å². The molecule has 0 aliphatic carbocycles. The van der Waals surface area contributed by atoms with E-state index in [9.17, 15) is 19.5 Å². The van der Waals surface area contributed by atoms with Gasteiger partial charge in [-0.05, 0) is 17.7 Å². The number of imide groups is 1. The Hall–Kier alpha value is -2.82. The van der Waals surface area contributed by atoms with Gasteiger partial charge in [-0.25, -0.2) is 0 Å². The lowest BCUT2D eigenvalue weighted by molar-refractivity contribution is -0.282. The van der Waals surface area contributed by atoms with Crippen LogP contribution in [0.25, 0.3) is 0 Å². The zero-order valence-corrected chi connectivity index (χ0v) is 19.1. The predicted octanol–water partition coefficient (Wildman–Crippen LogP) is 1.75. The van der Waals surface area contributed by atoms with Gasteiger partial charge in [-0.1, -0.05) is 42.5 Å². The number of hydrogen-bond donors (Lipinski definition) is 1. The fourth-order valence-corrected chi connectivity index (χ4v) is 4.24. The second kappa shape index (κ2) is 10.6. The maximum absolute atomic E-state index is 13.2. The second-order valence-corrected chi connectivity index (χ2v) is 8.13. The fourth-order valence-electron chi connectivity index (χ4n) is 4.16. The van der Waals surface area contributed by atoms with Crippen LogP contribution in [0.2, 0.25) is 0 Å². The molecule has 1 N–H and O–H groups in total. The molecule has 180 valence electrons. The van der Waals surface area contributed by atoms with Gasteiger partial charge in [0.1, 0.15) is 36.8 Å². The number of carbonyl (C=O) groups excluding carboxylic acids is 3. The maximum Gasteiger partial charge on any atom is 0.320 e. The Morgan fingerprint density at radius 2 is 1.68 bits per heavy atom. The van der Waals surface area contributed by atoms with Gasteiger partial charge >= 0.3 is 5.97 Å². The highest BCUT2D eigenvalue weighted by Crippen LogP contribution is 2.34. The second-order valence-electron chi connectivity index (χ2n) is 7.86. The monoisotopic (exact) mass is 489 g/mol. The molecule has 1 fully saturated rings. The Morgan fingerprint density at radius 1 is 1.06 bits per heavy atom. The summed E-state index contributed by atoms with van der Waals surface area (Å²) in [4.78, 5) is 39.0. The van der Waals surface area contributed by atoms with E-state index >= 15 is 0 Å². The number of esters is 1. The highest BCUT2D eigenvalue weighted by molar-refractivity contribution is 6.26. The van der Waals surface area contributed by atoms with E-state index in [2.05, 4.69) is 0 Å². The number of nitrogens with zero attached hydrogens (tertiary/aromatic N) is 1. The average molecular weight is 490 g/mol. The quantitative estimate of drug-likeness (QED) is 0.339. The number of hydrogen-bond acceptors (Lipinski definition) is 8. The summed E-state index contributed by atoms with van der Waals surface area (Å²) in [5.41, 5.74) is 1.31. The van der Waals surface area contributed by atoms with Crippen LogP contribution in [0.5, 0.6) is 0 Å². The summed E-state index contributed by atoms with van der Waals surface area (Å²) in [5.74, 6) is -2.12. The summed E-state index contributed by atoms with van der Waals surface area (Å²) in [7, 11) is 1.35. The third-order valence-corrected chi connectivity index (χ3v) is 6.02. The van der Waals surface area contributed by atoms with Crippen LogP contribution < -0.4 is 0 Å². The first kappa shape index (κ1) is 24.3. The zero-order valence-electron chi connectivity index (χ0n) is 18.3. The molecule has 0 bridgehead atoms. The minimum absolute atomic E-state index is 0.0901. The van der Waals surface area contributed by atoms with Gasteiger partial charge in [-0.2, -0.15) is 0 Å². The molecule has 5 atom stereocenters. The van der Waals surface area contributed by atoms with Crippen LogP contribution in [0.4, 0.5) is 0 Å². The van der Waals surface area contributed by atoms with Crippen molar-refractivity contribution in [1.82, 2.24) is 4.90 Å². The molecule has 2 aromatic rings. The predicted molar refractivity (Wildman–Crippen MR) is 119 cm³/mol. The number of aliphatic hydroxyl groups is 1. The first-order valence-electron chi connectivity index (χ1n) is 10.7. The Balaban J connectivity index is 1.65. The summed E-state index contributed by atoms with van der Waals surface area (Å²) in [6.07, 6.45) is -4.64. The number of halogens is 1. The van der Waals surface area contributed by atoms with Crippen molar-refractivity contribution in [2.24, 2.45) is 0 Å². The van der Waals surface area contributed by atoms with Crippen LogP contribution in [0.3, 0.4) is 0 Å². The molecule has 0 spiro atoms. The molecular formula is C24H24ClNO8. The van der Waals surface area contributed by atoms with Gasteiger partial charge in [-0.3, -0.25) is 19.3 Å². The van der Waals surface area contributed by atoms with Crippen molar-refractivity contribution in [2.45, 2.75) is 37.3 Å². The van der Waals surface area contributed by atoms with Crippen LogP contribution in [0.1, 0.15) is 26.3 Å². The van der Waals surface area contributed by atoms with E-state index in [1.165, 1.54) is 7.11 Å². The number of alkyl halides is 1. The van der Waals surface area contributed by atoms with E-state index in [0.717, 1.165) is 10.5 Å². The number of benzene rings is 2. The van der Waals surface area contributed by atoms with Crippen molar-refractivity contribution >= 4 is 29.4 Å². The molecule has 10 heteroatoms. The molecule has 4 rings (SSSR count). The van der Waals surface area contributed by atoms with Gasteiger partial charge in [0.05, 0.1) is 17.7 Å². The summed E-state index contributed by atoms with van der Waals surface area (Å²) >= 11 is 5.48. The summed E-state index contributed by atoms with van der Waals surface area (Å²) in [6, 6.07) is 14.6. The van der Waals surface area contributed by atoms with Crippen molar-refractivity contribution in [3.05, 3.63) is 71.3 Å². The number of carbonyl (C=O) groups is 3. The van der Waals surface area contributed by atoms with Crippen LogP contribution in [-0.4, -0.2) is 78.0 Å². The van der Waals surface area contributed by atoms with Crippen molar-refractivity contribution in [3.8, 4) is 0 Å². The third kappa shape index (κ3) is 4.70. The van der Waals surface area contributed by atoms with Gasteiger partial charge in [-0.15, -0.1) is 11.6 Å². The molecule has 0 unspecified atom stereocenters. The molecular weight excluding hydrogens is 466 g/mol. The SMILES string of the molecule is CO[C@H]1O[C@H](COC(=O)CCl)[C@@H](O)[C@@H](OCc2ccccc2)[C@@H]1N1C(=O)c2ccccc2C1=O. The van der Waals surface area contributed by atoms with Gasteiger partial charge in [0, 0.05) is 7.11 Å². The highest BCUT2D eigenvalue weighted by atomic mass is 35.5. The molecule has 0 aromatic heterocycles. The average Bonchev–Trinajstić information content (AvgIpc) is 3.12. The number of amides is 2. The molecule has 0 saturated carbocycles. The van der Waals surface area contributed by atoms with Crippen molar-refractivity contribution in [2.75, 3.05) is 19.6 Å². The third-order valence-electron chi connectivity index (χ3n) is 5.80. The van der Waals surface area contributed by atoms with E-state index in [1.807, 2.05) is 30.3 Å². The summed E-state index contributed by atoms with van der Waals surface area (Å²) in [5, 5.41) is 11.1. The first-order valence-corrected chi connectivity index (χ1v) is 11.2. The van der Waals surface area contributed by atoms with E-state index in [4.69, 9.17) is 30.5 Å². The topological polar surface area (TPSA) is 112 Å². The van der Waals surface area contributed by atoms with Crippen LogP contribution in [-0.2, 0) is 30.3 Å². The van der Waals surface area contributed by atoms with E-state index in [0.29, 0.717) is 0 Å². The Labute approximate surface area is 201 Å². The molecule has 0 radical (unpaired) electrons. The number of aliphatic hydroxyl groups excluding tert-OH is 1. The molecule has 2 aromatic carbocycles. The highest BCUT2D eigenvalue weighted by Gasteiger charge is 2.54. The molecule has 2 aliphatic heterocycles. The fraction of sp³-hybridized carbons (Fsp3) is 0.375. The molecule has 1 saturated heterocycles. The van der Waals surface area contributed by atoms with E-state index < -0.39 is 48.4 Å². The number of fused-ring (bicyclic) bond motifs is 1. The minimum Gasteiger partial charge on any atom is -0.462 e. The molecule has 2 aliphatic rings. The Morgan fingerprint density at radius 3 is 2.26 bits per heavy atom. The summed E-state index contributed by atoms with van der Waals surface area (Å²) < 4.78 is 22.4. The van der Waals surface area contributed by atoms with Gasteiger partial charge in [0.25, 0.3) is 11.8 Å². The van der Waals surface area contributed by atoms with E-state index in [1.54, 1.807) is 24.3 Å². The smallest absolute Gasteiger partial charge is 0.320 e. The number of ether oxygens (including phenoxy) is 4. The summed E-state index contributed by atoms with van der Waals surface area (Å²) in [6.45, 7) is -0.223. The van der Waals surface area contributed by atoms with Crippen molar-refractivity contribution in [3.63, 3.8) is 0 Å². The van der Waals surface area contributed by atoms with Crippen molar-refractivity contribution in [1.29, 1.82) is 0 Å². The van der Waals surface area contributed by atoms with E-state index in [-0.39, 0.29) is 30.2 Å².